The average molecular weight is 297 g/mol. The lowest BCUT2D eigenvalue weighted by Crippen LogP contribution is -2.06. The van der Waals surface area contributed by atoms with Gasteiger partial charge < -0.3 is 5.32 Å². The van der Waals surface area contributed by atoms with Gasteiger partial charge in [-0.25, -0.2) is 0 Å². The summed E-state index contributed by atoms with van der Waals surface area (Å²) >= 11 is 11.1. The van der Waals surface area contributed by atoms with E-state index in [1.807, 2.05) is 7.05 Å². The van der Waals surface area contributed by atoms with E-state index >= 15 is 0 Å². The zero-order valence-electron chi connectivity index (χ0n) is 8.28. The summed E-state index contributed by atoms with van der Waals surface area (Å²) < 4.78 is 1.91. The van der Waals surface area contributed by atoms with E-state index in [1.54, 1.807) is 11.3 Å². The summed E-state index contributed by atoms with van der Waals surface area (Å²) in [7, 11) is 2.00. The molecule has 1 aromatic heterocycles. The molecule has 1 heterocycles. The van der Waals surface area contributed by atoms with Crippen molar-refractivity contribution in [1.29, 1.82) is 0 Å². The van der Waals surface area contributed by atoms with Crippen LogP contribution in [-0.2, 0) is 6.42 Å². The van der Waals surface area contributed by atoms with Crippen molar-refractivity contribution >= 4 is 38.9 Å². The van der Waals surface area contributed by atoms with Crippen molar-refractivity contribution in [2.75, 3.05) is 13.6 Å². The van der Waals surface area contributed by atoms with Gasteiger partial charge in [0.1, 0.15) is 4.34 Å². The first-order valence-electron chi connectivity index (χ1n) is 4.82. The van der Waals surface area contributed by atoms with Crippen LogP contribution >= 0.6 is 38.9 Å². The molecule has 14 heavy (non-hydrogen) atoms. The van der Waals surface area contributed by atoms with Crippen molar-refractivity contribution in [3.63, 3.8) is 0 Å². The molecule has 0 saturated carbocycles. The van der Waals surface area contributed by atoms with Crippen molar-refractivity contribution in [3.05, 3.63) is 19.8 Å². The molecule has 0 aliphatic carbocycles. The highest BCUT2D eigenvalue weighted by molar-refractivity contribution is 9.10. The molecule has 0 spiro atoms. The molecule has 0 aliphatic rings. The van der Waals surface area contributed by atoms with E-state index in [0.717, 1.165) is 21.8 Å². The van der Waals surface area contributed by atoms with Gasteiger partial charge in [0.25, 0.3) is 0 Å². The number of aryl methyl sites for hydroxylation is 1. The smallest absolute Gasteiger partial charge is 0.107 e. The van der Waals surface area contributed by atoms with E-state index in [0.29, 0.717) is 0 Å². The van der Waals surface area contributed by atoms with Crippen molar-refractivity contribution in [2.24, 2.45) is 0 Å². The Morgan fingerprint density at radius 2 is 2.21 bits per heavy atom. The molecular weight excluding hydrogens is 282 g/mol. The lowest BCUT2D eigenvalue weighted by atomic mass is 10.2. The second-order valence-corrected chi connectivity index (χ2v) is 5.84. The van der Waals surface area contributed by atoms with E-state index in [-0.39, 0.29) is 0 Å². The van der Waals surface area contributed by atoms with E-state index in [1.165, 1.54) is 24.1 Å². The number of hydrogen-bond acceptors (Lipinski definition) is 2. The lowest BCUT2D eigenvalue weighted by Gasteiger charge is -1.98. The normalized spacial score (nSPS) is 10.8. The molecule has 80 valence electrons. The predicted octanol–water partition coefficient (Wildman–Crippen LogP) is 4.10. The third kappa shape index (κ3) is 4.30. The van der Waals surface area contributed by atoms with Gasteiger partial charge in [-0.2, -0.15) is 0 Å². The summed E-state index contributed by atoms with van der Waals surface area (Å²) in [5.74, 6) is 0. The SMILES string of the molecule is CNCCCCCc1cc(Br)c(Cl)s1. The second kappa shape index (κ2) is 6.83. The minimum absolute atomic E-state index is 0.871. The summed E-state index contributed by atoms with van der Waals surface area (Å²) in [5.41, 5.74) is 0. The molecule has 4 heteroatoms. The van der Waals surface area contributed by atoms with E-state index < -0.39 is 0 Å². The maximum atomic E-state index is 5.95. The second-order valence-electron chi connectivity index (χ2n) is 3.25. The van der Waals surface area contributed by atoms with Crippen LogP contribution in [0.1, 0.15) is 24.1 Å². The van der Waals surface area contributed by atoms with Crippen LogP contribution in [0.15, 0.2) is 10.5 Å². The fourth-order valence-electron chi connectivity index (χ4n) is 1.29. The Morgan fingerprint density at radius 1 is 1.43 bits per heavy atom. The van der Waals surface area contributed by atoms with Crippen LogP contribution in [0.3, 0.4) is 0 Å². The van der Waals surface area contributed by atoms with Gasteiger partial charge in [0, 0.05) is 9.35 Å². The quantitative estimate of drug-likeness (QED) is 0.780. The Kier molecular flexibility index (Phi) is 6.10. The van der Waals surface area contributed by atoms with Gasteiger partial charge in [-0.15, -0.1) is 11.3 Å². The Hall–Kier alpha value is 0.430. The average Bonchev–Trinajstić information content (AvgIpc) is 2.46. The van der Waals surface area contributed by atoms with Crippen molar-refractivity contribution < 1.29 is 0 Å². The topological polar surface area (TPSA) is 12.0 Å². The van der Waals surface area contributed by atoms with Crippen LogP contribution in [0, 0.1) is 0 Å². The summed E-state index contributed by atoms with van der Waals surface area (Å²) in [5, 5.41) is 3.15. The molecule has 1 N–H and O–H groups in total. The van der Waals surface area contributed by atoms with E-state index in [9.17, 15) is 0 Å². The zero-order chi connectivity index (χ0) is 10.4. The molecule has 0 bridgehead atoms. The zero-order valence-corrected chi connectivity index (χ0v) is 11.4. The lowest BCUT2D eigenvalue weighted by molar-refractivity contribution is 0.645. The third-order valence-corrected chi connectivity index (χ3v) is 4.58. The number of thiophene rings is 1. The number of unbranched alkanes of at least 4 members (excludes halogenated alkanes) is 2. The minimum atomic E-state index is 0.871. The van der Waals surface area contributed by atoms with Gasteiger partial charge in [0.05, 0.1) is 0 Å². The number of hydrogen-bond donors (Lipinski definition) is 1. The minimum Gasteiger partial charge on any atom is -0.320 e. The van der Waals surface area contributed by atoms with Crippen LogP contribution < -0.4 is 5.32 Å². The van der Waals surface area contributed by atoms with Crippen LogP contribution in [0.2, 0.25) is 4.34 Å². The van der Waals surface area contributed by atoms with E-state index in [4.69, 9.17) is 11.6 Å². The standard InChI is InChI=1S/C10H15BrClNS/c1-13-6-4-2-3-5-8-7-9(11)10(12)14-8/h7,13H,2-6H2,1H3. The van der Waals surface area contributed by atoms with Gasteiger partial charge in [-0.1, -0.05) is 18.0 Å². The molecule has 1 rings (SSSR count). The van der Waals surface area contributed by atoms with Crippen molar-refractivity contribution in [1.82, 2.24) is 5.32 Å². The van der Waals surface area contributed by atoms with Crippen LogP contribution in [-0.4, -0.2) is 13.6 Å². The first-order chi connectivity index (χ1) is 6.74. The summed E-state index contributed by atoms with van der Waals surface area (Å²) in [6.45, 7) is 1.12. The fourth-order valence-corrected chi connectivity index (χ4v) is 3.12. The summed E-state index contributed by atoms with van der Waals surface area (Å²) in [6.07, 6.45) is 4.95. The molecule has 0 radical (unpaired) electrons. The van der Waals surface area contributed by atoms with Gasteiger partial charge in [-0.3, -0.25) is 0 Å². The van der Waals surface area contributed by atoms with E-state index in [2.05, 4.69) is 27.3 Å². The van der Waals surface area contributed by atoms with Gasteiger partial charge >= 0.3 is 0 Å². The molecule has 0 amide bonds. The molecular formula is C10H15BrClNS. The molecule has 0 unspecified atom stereocenters. The van der Waals surface area contributed by atoms with Crippen LogP contribution in [0.5, 0.6) is 0 Å². The fraction of sp³-hybridized carbons (Fsp3) is 0.600. The molecule has 1 nitrogen and oxygen atoms in total. The first kappa shape index (κ1) is 12.5. The number of nitrogens with one attached hydrogen (secondary N) is 1. The molecule has 0 saturated heterocycles. The van der Waals surface area contributed by atoms with Gasteiger partial charge in [0.2, 0.25) is 0 Å². The Bertz CT molecular complexity index is 256. The highest BCUT2D eigenvalue weighted by atomic mass is 79.9. The molecule has 1 aromatic rings. The molecule has 0 aliphatic heterocycles. The largest absolute Gasteiger partial charge is 0.320 e. The molecule has 0 aromatic carbocycles. The summed E-state index contributed by atoms with van der Waals surface area (Å²) in [4.78, 5) is 1.38. The number of halogens is 2. The highest BCUT2D eigenvalue weighted by Gasteiger charge is 2.03. The first-order valence-corrected chi connectivity index (χ1v) is 6.81. The third-order valence-electron chi connectivity index (χ3n) is 2.05. The van der Waals surface area contributed by atoms with Crippen LogP contribution in [0.25, 0.3) is 0 Å². The Balaban J connectivity index is 2.18. The number of rotatable bonds is 6. The molecule has 0 fully saturated rings. The van der Waals surface area contributed by atoms with Crippen molar-refractivity contribution in [2.45, 2.75) is 25.7 Å². The van der Waals surface area contributed by atoms with Gasteiger partial charge in [0.15, 0.2) is 0 Å². The molecule has 0 atom stereocenters. The Labute approximate surface area is 103 Å². The summed E-state index contributed by atoms with van der Waals surface area (Å²) in [6, 6.07) is 2.13. The predicted molar refractivity (Wildman–Crippen MR) is 68.5 cm³/mol. The maximum Gasteiger partial charge on any atom is 0.107 e. The van der Waals surface area contributed by atoms with Crippen LogP contribution in [0.4, 0.5) is 0 Å². The maximum absolute atomic E-state index is 5.95. The highest BCUT2D eigenvalue weighted by Crippen LogP contribution is 2.32. The van der Waals surface area contributed by atoms with Crippen molar-refractivity contribution in [3.8, 4) is 0 Å². The monoisotopic (exact) mass is 295 g/mol. The van der Waals surface area contributed by atoms with Gasteiger partial charge in [-0.05, 0) is 54.9 Å². The Morgan fingerprint density at radius 3 is 2.79 bits per heavy atom.